The Labute approximate surface area is 135 Å². The predicted molar refractivity (Wildman–Crippen MR) is 89.1 cm³/mol. The Morgan fingerprint density at radius 2 is 1.91 bits per heavy atom. The first-order chi connectivity index (χ1) is 10.8. The van der Waals surface area contributed by atoms with E-state index >= 15 is 0 Å². The molecule has 1 aromatic heterocycles. The van der Waals surface area contributed by atoms with Gasteiger partial charge in [-0.3, -0.25) is 4.79 Å². The van der Waals surface area contributed by atoms with E-state index in [4.69, 9.17) is 4.42 Å². The summed E-state index contributed by atoms with van der Waals surface area (Å²) in [6.45, 7) is 0.142. The van der Waals surface area contributed by atoms with Crippen LogP contribution in [0.1, 0.15) is 11.5 Å². The van der Waals surface area contributed by atoms with Gasteiger partial charge < -0.3 is 9.73 Å². The molecule has 122 valence electrons. The lowest BCUT2D eigenvalue weighted by Gasteiger charge is -2.11. The van der Waals surface area contributed by atoms with Crippen LogP contribution in [0.5, 0.6) is 0 Å². The number of nitrogens with one attached hydrogen (secondary N) is 1. The van der Waals surface area contributed by atoms with Gasteiger partial charge in [0.2, 0.25) is 15.9 Å². The van der Waals surface area contributed by atoms with Gasteiger partial charge in [0.1, 0.15) is 11.5 Å². The van der Waals surface area contributed by atoms with Crippen LogP contribution < -0.4 is 5.32 Å². The topological polar surface area (TPSA) is 79.6 Å². The van der Waals surface area contributed by atoms with Gasteiger partial charge in [-0.25, -0.2) is 8.42 Å². The molecule has 6 nitrogen and oxygen atoms in total. The van der Waals surface area contributed by atoms with Crippen molar-refractivity contribution < 1.29 is 17.6 Å². The fourth-order valence-corrected chi connectivity index (χ4v) is 2.13. The number of hydrogen-bond donors (Lipinski definition) is 1. The van der Waals surface area contributed by atoms with Gasteiger partial charge in [0.25, 0.3) is 0 Å². The standard InChI is InChI=1S/C16H18N2O4S/c1-18(23(2,20)21)12-15-9-8-14(22-15)10-11-16(19)17-13-6-4-3-5-7-13/h3-11H,12H2,1-2H3,(H,17,19)/b11-10+. The van der Waals surface area contributed by atoms with E-state index in [9.17, 15) is 13.2 Å². The first kappa shape index (κ1) is 17.0. The molecule has 0 aliphatic rings. The molecular formula is C16H18N2O4S. The zero-order chi connectivity index (χ0) is 16.9. The van der Waals surface area contributed by atoms with Crippen molar-refractivity contribution in [3.63, 3.8) is 0 Å². The van der Waals surface area contributed by atoms with E-state index in [0.717, 1.165) is 6.26 Å². The van der Waals surface area contributed by atoms with Gasteiger partial charge in [-0.1, -0.05) is 18.2 Å². The lowest BCUT2D eigenvalue weighted by molar-refractivity contribution is -0.111. The Morgan fingerprint density at radius 3 is 2.57 bits per heavy atom. The molecule has 1 aromatic carbocycles. The van der Waals surface area contributed by atoms with Crippen LogP contribution in [-0.4, -0.2) is 31.9 Å². The molecule has 0 spiro atoms. The molecule has 0 bridgehead atoms. The van der Waals surface area contributed by atoms with Gasteiger partial charge in [-0.15, -0.1) is 0 Å². The zero-order valence-corrected chi connectivity index (χ0v) is 13.7. The Hall–Kier alpha value is -2.38. The molecule has 1 N–H and O–H groups in total. The van der Waals surface area contributed by atoms with Crippen LogP contribution in [0.4, 0.5) is 5.69 Å². The first-order valence-electron chi connectivity index (χ1n) is 6.89. The molecule has 7 heteroatoms. The third kappa shape index (κ3) is 5.39. The molecule has 0 atom stereocenters. The normalized spacial score (nSPS) is 12.0. The SMILES string of the molecule is CN(Cc1ccc(/C=C/C(=O)Nc2ccccc2)o1)S(C)(=O)=O. The van der Waals surface area contributed by atoms with E-state index in [1.54, 1.807) is 24.3 Å². The van der Waals surface area contributed by atoms with Crippen molar-refractivity contribution in [2.75, 3.05) is 18.6 Å². The molecule has 0 radical (unpaired) electrons. The fraction of sp³-hybridized carbons (Fsp3) is 0.188. The van der Waals surface area contributed by atoms with Crippen molar-refractivity contribution in [2.45, 2.75) is 6.54 Å². The number of amides is 1. The molecular weight excluding hydrogens is 316 g/mol. The Balaban J connectivity index is 1.94. The summed E-state index contributed by atoms with van der Waals surface area (Å²) in [4.78, 5) is 11.8. The van der Waals surface area contributed by atoms with Gasteiger partial charge >= 0.3 is 0 Å². The summed E-state index contributed by atoms with van der Waals surface area (Å²) in [5, 5.41) is 2.72. The highest BCUT2D eigenvalue weighted by Crippen LogP contribution is 2.13. The highest BCUT2D eigenvalue weighted by atomic mass is 32.2. The number of carbonyl (C=O) groups excluding carboxylic acids is 1. The van der Waals surface area contributed by atoms with Gasteiger partial charge in [0, 0.05) is 18.8 Å². The third-order valence-electron chi connectivity index (χ3n) is 3.07. The summed E-state index contributed by atoms with van der Waals surface area (Å²) in [7, 11) is -1.79. The van der Waals surface area contributed by atoms with Crippen LogP contribution in [-0.2, 0) is 21.4 Å². The van der Waals surface area contributed by atoms with E-state index in [0.29, 0.717) is 17.2 Å². The van der Waals surface area contributed by atoms with Crippen molar-refractivity contribution in [2.24, 2.45) is 0 Å². The average molecular weight is 334 g/mol. The number of anilines is 1. The number of hydrogen-bond acceptors (Lipinski definition) is 4. The van der Waals surface area contributed by atoms with Gasteiger partial charge in [0.15, 0.2) is 0 Å². The van der Waals surface area contributed by atoms with Crippen LogP contribution in [0, 0.1) is 0 Å². The zero-order valence-electron chi connectivity index (χ0n) is 12.9. The van der Waals surface area contributed by atoms with Crippen molar-refractivity contribution in [1.82, 2.24) is 4.31 Å². The minimum Gasteiger partial charge on any atom is -0.460 e. The number of benzene rings is 1. The Morgan fingerprint density at radius 1 is 1.22 bits per heavy atom. The second kappa shape index (κ2) is 7.26. The van der Waals surface area contributed by atoms with Crippen LogP contribution in [0.2, 0.25) is 0 Å². The molecule has 1 amide bonds. The van der Waals surface area contributed by atoms with Gasteiger partial charge in [-0.2, -0.15) is 4.31 Å². The number of rotatable bonds is 6. The number of carbonyl (C=O) groups is 1. The van der Waals surface area contributed by atoms with E-state index in [1.807, 2.05) is 18.2 Å². The minimum absolute atomic E-state index is 0.142. The predicted octanol–water partition coefficient (Wildman–Crippen LogP) is 2.32. The molecule has 23 heavy (non-hydrogen) atoms. The smallest absolute Gasteiger partial charge is 0.248 e. The molecule has 0 unspecified atom stereocenters. The highest BCUT2D eigenvalue weighted by molar-refractivity contribution is 7.88. The summed E-state index contributed by atoms with van der Waals surface area (Å²) >= 11 is 0. The van der Waals surface area contributed by atoms with Crippen LogP contribution in [0.25, 0.3) is 6.08 Å². The molecule has 0 aliphatic heterocycles. The Bertz CT molecular complexity index is 794. The first-order valence-corrected chi connectivity index (χ1v) is 8.73. The van der Waals surface area contributed by atoms with E-state index in [1.165, 1.54) is 23.5 Å². The summed E-state index contributed by atoms with van der Waals surface area (Å²) in [6.07, 6.45) is 4.02. The maximum absolute atomic E-state index is 11.8. The summed E-state index contributed by atoms with van der Waals surface area (Å²) in [5.74, 6) is 0.702. The highest BCUT2D eigenvalue weighted by Gasteiger charge is 2.13. The van der Waals surface area contributed by atoms with Gasteiger partial charge in [0.05, 0.1) is 12.8 Å². The van der Waals surface area contributed by atoms with Gasteiger partial charge in [-0.05, 0) is 30.3 Å². The number of nitrogens with zero attached hydrogens (tertiary/aromatic N) is 1. The molecule has 0 aliphatic carbocycles. The summed E-state index contributed by atoms with van der Waals surface area (Å²) in [6, 6.07) is 12.5. The van der Waals surface area contributed by atoms with Crippen molar-refractivity contribution >= 4 is 27.7 Å². The number of para-hydroxylation sites is 1. The number of sulfonamides is 1. The van der Waals surface area contributed by atoms with Crippen molar-refractivity contribution in [3.8, 4) is 0 Å². The molecule has 2 aromatic rings. The van der Waals surface area contributed by atoms with Crippen LogP contribution in [0.3, 0.4) is 0 Å². The second-order valence-electron chi connectivity index (χ2n) is 5.01. The van der Waals surface area contributed by atoms with Crippen molar-refractivity contribution in [3.05, 3.63) is 60.1 Å². The van der Waals surface area contributed by atoms with Crippen LogP contribution in [0.15, 0.2) is 53.0 Å². The molecule has 1 heterocycles. The maximum atomic E-state index is 11.8. The largest absolute Gasteiger partial charge is 0.460 e. The maximum Gasteiger partial charge on any atom is 0.248 e. The average Bonchev–Trinajstić information content (AvgIpc) is 2.93. The molecule has 0 saturated heterocycles. The monoisotopic (exact) mass is 334 g/mol. The van der Waals surface area contributed by atoms with E-state index < -0.39 is 10.0 Å². The van der Waals surface area contributed by atoms with E-state index in [-0.39, 0.29) is 12.5 Å². The summed E-state index contributed by atoms with van der Waals surface area (Å²) in [5.41, 5.74) is 0.706. The molecule has 0 saturated carbocycles. The minimum atomic E-state index is -3.26. The lowest BCUT2D eigenvalue weighted by atomic mass is 10.3. The summed E-state index contributed by atoms with van der Waals surface area (Å²) < 4.78 is 29.4. The fourth-order valence-electron chi connectivity index (χ4n) is 1.77. The lowest BCUT2D eigenvalue weighted by Crippen LogP contribution is -2.24. The van der Waals surface area contributed by atoms with Crippen molar-refractivity contribution in [1.29, 1.82) is 0 Å². The second-order valence-corrected chi connectivity index (χ2v) is 7.10. The quantitative estimate of drug-likeness (QED) is 0.822. The molecule has 0 fully saturated rings. The van der Waals surface area contributed by atoms with E-state index in [2.05, 4.69) is 5.32 Å². The Kier molecular flexibility index (Phi) is 5.36. The third-order valence-corrected chi connectivity index (χ3v) is 4.33. The molecule has 2 rings (SSSR count). The number of furan rings is 1. The van der Waals surface area contributed by atoms with Crippen LogP contribution >= 0.6 is 0 Å².